The van der Waals surface area contributed by atoms with Crippen molar-refractivity contribution in [3.8, 4) is 17.0 Å². The van der Waals surface area contributed by atoms with Gasteiger partial charge in [-0.1, -0.05) is 18.2 Å². The van der Waals surface area contributed by atoms with Crippen molar-refractivity contribution in [2.75, 3.05) is 18.1 Å². The van der Waals surface area contributed by atoms with Crippen molar-refractivity contribution in [2.24, 2.45) is 0 Å². The van der Waals surface area contributed by atoms with Gasteiger partial charge < -0.3 is 15.0 Å². The van der Waals surface area contributed by atoms with E-state index < -0.39 is 29.2 Å². The Morgan fingerprint density at radius 3 is 2.72 bits per heavy atom. The van der Waals surface area contributed by atoms with Crippen LogP contribution in [0.2, 0.25) is 0 Å². The Kier molecular flexibility index (Phi) is 6.15. The third kappa shape index (κ3) is 4.53. The predicted molar refractivity (Wildman–Crippen MR) is 125 cm³/mol. The summed E-state index contributed by atoms with van der Waals surface area (Å²) in [5.41, 5.74) is 1.68. The fraction of sp³-hybridized carbons (Fsp3) is 0.346. The molecular weight excluding hydrogens is 476 g/mol. The molecular formula is C26H24F4N4O2. The van der Waals surface area contributed by atoms with Crippen LogP contribution in [0.5, 0.6) is 5.75 Å². The van der Waals surface area contributed by atoms with Gasteiger partial charge in [0.2, 0.25) is 0 Å². The summed E-state index contributed by atoms with van der Waals surface area (Å²) < 4.78 is 62.0. The third-order valence-electron chi connectivity index (χ3n) is 6.35. The highest BCUT2D eigenvalue weighted by atomic mass is 19.4. The number of anilines is 1. The number of hydrogen-bond donors (Lipinski definition) is 1. The van der Waals surface area contributed by atoms with E-state index >= 15 is 4.39 Å². The lowest BCUT2D eigenvalue weighted by molar-refractivity contribution is -0.137. The second-order valence-corrected chi connectivity index (χ2v) is 9.21. The number of rotatable bonds is 4. The lowest BCUT2D eigenvalue weighted by Crippen LogP contribution is -2.43. The van der Waals surface area contributed by atoms with Crippen LogP contribution in [0.1, 0.15) is 41.9 Å². The van der Waals surface area contributed by atoms with Gasteiger partial charge >= 0.3 is 6.18 Å². The zero-order chi connectivity index (χ0) is 25.6. The van der Waals surface area contributed by atoms with Crippen molar-refractivity contribution in [3.05, 3.63) is 70.4 Å². The Balaban J connectivity index is 1.59. The molecule has 5 rings (SSSR count). The van der Waals surface area contributed by atoms with Gasteiger partial charge in [-0.25, -0.2) is 14.4 Å². The molecule has 0 bridgehead atoms. The normalized spacial score (nSPS) is 15.5. The molecule has 0 spiro atoms. The van der Waals surface area contributed by atoms with E-state index in [9.17, 15) is 18.0 Å². The molecule has 0 unspecified atom stereocenters. The molecule has 0 atom stereocenters. The summed E-state index contributed by atoms with van der Waals surface area (Å²) in [5.74, 6) is -1.27. The van der Waals surface area contributed by atoms with Crippen LogP contribution >= 0.6 is 0 Å². The van der Waals surface area contributed by atoms with Gasteiger partial charge in [-0.05, 0) is 55.6 Å². The molecule has 36 heavy (non-hydrogen) atoms. The number of halogens is 4. The number of nitrogens with one attached hydrogen (secondary N) is 1. The van der Waals surface area contributed by atoms with E-state index in [1.165, 1.54) is 16.5 Å². The van der Waals surface area contributed by atoms with E-state index in [1.54, 1.807) is 13.8 Å². The van der Waals surface area contributed by atoms with Crippen molar-refractivity contribution in [1.29, 1.82) is 0 Å². The molecule has 0 saturated heterocycles. The van der Waals surface area contributed by atoms with Gasteiger partial charge in [-0.15, -0.1) is 0 Å². The summed E-state index contributed by atoms with van der Waals surface area (Å²) in [5, 5.41) is 3.30. The van der Waals surface area contributed by atoms with Crippen LogP contribution in [-0.2, 0) is 30.4 Å². The van der Waals surface area contributed by atoms with Crippen LogP contribution in [0.15, 0.2) is 36.5 Å². The first-order valence-electron chi connectivity index (χ1n) is 11.6. The smallest absolute Gasteiger partial charge is 0.419 e. The minimum atomic E-state index is -4.76. The summed E-state index contributed by atoms with van der Waals surface area (Å²) in [6, 6.07) is 7.88. The maximum Gasteiger partial charge on any atom is 0.419 e. The van der Waals surface area contributed by atoms with E-state index in [2.05, 4.69) is 15.3 Å². The molecule has 6 nitrogen and oxygen atoms in total. The number of carbonyl (C=O) groups excluding carboxylic acids is 1. The number of ether oxygens (including phenoxy) is 1. The van der Waals surface area contributed by atoms with Gasteiger partial charge in [0.15, 0.2) is 18.2 Å². The summed E-state index contributed by atoms with van der Waals surface area (Å²) >= 11 is 0. The molecule has 1 amide bonds. The summed E-state index contributed by atoms with van der Waals surface area (Å²) in [7, 11) is 0. The zero-order valence-electron chi connectivity index (χ0n) is 19.7. The van der Waals surface area contributed by atoms with Crippen LogP contribution in [-0.4, -0.2) is 35.1 Å². The van der Waals surface area contributed by atoms with Crippen molar-refractivity contribution in [2.45, 2.75) is 45.5 Å². The first kappa shape index (κ1) is 24.2. The molecule has 3 heterocycles. The summed E-state index contributed by atoms with van der Waals surface area (Å²) in [6.45, 7) is 4.75. The van der Waals surface area contributed by atoms with E-state index in [1.807, 2.05) is 18.2 Å². The predicted octanol–water partition coefficient (Wildman–Crippen LogP) is 4.67. The second kappa shape index (κ2) is 9.16. The summed E-state index contributed by atoms with van der Waals surface area (Å²) in [6.07, 6.45) is -2.90. The van der Waals surface area contributed by atoms with Gasteiger partial charge in [-0.3, -0.25) is 4.79 Å². The molecule has 1 aromatic heterocycles. The molecule has 2 aliphatic rings. The molecule has 188 valence electrons. The van der Waals surface area contributed by atoms with E-state index in [4.69, 9.17) is 4.74 Å². The Labute approximate surface area is 205 Å². The van der Waals surface area contributed by atoms with Crippen molar-refractivity contribution in [3.63, 3.8) is 0 Å². The number of aromatic nitrogens is 2. The molecule has 2 aliphatic heterocycles. The minimum absolute atomic E-state index is 0.0757. The van der Waals surface area contributed by atoms with Crippen molar-refractivity contribution in [1.82, 2.24) is 15.3 Å². The molecule has 0 radical (unpaired) electrons. The number of alkyl halides is 3. The Morgan fingerprint density at radius 2 is 1.97 bits per heavy atom. The van der Waals surface area contributed by atoms with E-state index in [0.29, 0.717) is 0 Å². The first-order valence-corrected chi connectivity index (χ1v) is 11.6. The number of carbonyl (C=O) groups is 1. The minimum Gasteiger partial charge on any atom is -0.478 e. The Hall–Kier alpha value is -3.53. The maximum atomic E-state index is 15.0. The molecule has 3 aromatic rings. The van der Waals surface area contributed by atoms with Gasteiger partial charge in [0.1, 0.15) is 11.4 Å². The lowest BCUT2D eigenvalue weighted by atomic mass is 9.97. The van der Waals surface area contributed by atoms with Crippen molar-refractivity contribution >= 4 is 11.6 Å². The second-order valence-electron chi connectivity index (χ2n) is 9.21. The topological polar surface area (TPSA) is 67.4 Å². The highest BCUT2D eigenvalue weighted by Gasteiger charge is 2.37. The average Bonchev–Trinajstić information content (AvgIpc) is 2.82. The highest BCUT2D eigenvalue weighted by Crippen LogP contribution is 2.42. The fourth-order valence-electron chi connectivity index (χ4n) is 4.70. The molecule has 0 fully saturated rings. The fourth-order valence-corrected chi connectivity index (χ4v) is 4.70. The van der Waals surface area contributed by atoms with Crippen LogP contribution < -0.4 is 15.0 Å². The largest absolute Gasteiger partial charge is 0.478 e. The number of amides is 1. The van der Waals surface area contributed by atoms with Crippen LogP contribution in [0, 0.1) is 5.82 Å². The monoisotopic (exact) mass is 500 g/mol. The quantitative estimate of drug-likeness (QED) is 0.528. The number of nitrogens with zero attached hydrogens (tertiary/aromatic N) is 3. The highest BCUT2D eigenvalue weighted by molar-refractivity contribution is 5.99. The summed E-state index contributed by atoms with van der Waals surface area (Å²) in [4.78, 5) is 21.9. The lowest BCUT2D eigenvalue weighted by Gasteiger charge is -2.33. The third-order valence-corrected chi connectivity index (χ3v) is 6.35. The number of fused-ring (bicyclic) bond motifs is 2. The molecule has 10 heteroatoms. The van der Waals surface area contributed by atoms with Gasteiger partial charge in [-0.2, -0.15) is 13.2 Å². The average molecular weight is 500 g/mol. The number of benzene rings is 2. The van der Waals surface area contributed by atoms with E-state index in [-0.39, 0.29) is 41.9 Å². The number of hydrogen-bond acceptors (Lipinski definition) is 5. The zero-order valence-corrected chi connectivity index (χ0v) is 19.7. The SMILES string of the molecule is CC(C)N1C(=O)COc2c(F)cc(-c3nc(Cc4ccc5c(c4)CNCC5)ncc3C(F)(F)F)cc21. The van der Waals surface area contributed by atoms with Crippen LogP contribution in [0.25, 0.3) is 11.3 Å². The maximum absolute atomic E-state index is 15.0. The Bertz CT molecular complexity index is 1340. The Morgan fingerprint density at radius 1 is 1.17 bits per heavy atom. The van der Waals surface area contributed by atoms with Crippen molar-refractivity contribution < 1.29 is 27.1 Å². The van der Waals surface area contributed by atoms with Crippen LogP contribution in [0.4, 0.5) is 23.2 Å². The first-order chi connectivity index (χ1) is 17.1. The molecule has 1 N–H and O–H groups in total. The van der Waals surface area contributed by atoms with E-state index in [0.717, 1.165) is 42.9 Å². The molecule has 0 saturated carbocycles. The standard InChI is InChI=1S/C26H24F4N4O2/c1-14(2)34-21-10-17(9-20(27)25(21)36-13-23(34)35)24-19(26(28,29)30)12-32-22(33-24)8-15-3-4-16-5-6-31-11-18(16)7-15/h3-4,7,9-10,12,14,31H,5-6,8,11,13H2,1-2H3. The van der Waals surface area contributed by atoms with Crippen LogP contribution in [0.3, 0.4) is 0 Å². The molecule has 2 aromatic carbocycles. The van der Waals surface area contributed by atoms with Gasteiger partial charge in [0.25, 0.3) is 5.91 Å². The molecule has 0 aliphatic carbocycles. The van der Waals surface area contributed by atoms with Gasteiger partial charge in [0, 0.05) is 30.8 Å². The van der Waals surface area contributed by atoms with Gasteiger partial charge in [0.05, 0.1) is 11.4 Å².